The van der Waals surface area contributed by atoms with Gasteiger partial charge in [-0.3, -0.25) is 0 Å². The summed E-state index contributed by atoms with van der Waals surface area (Å²) in [7, 11) is 0. The van der Waals surface area contributed by atoms with Gasteiger partial charge in [0.15, 0.2) is 11.5 Å². The molecule has 0 heterocycles. The Balaban J connectivity index is 2.13. The van der Waals surface area contributed by atoms with E-state index in [4.69, 9.17) is 21.1 Å². The van der Waals surface area contributed by atoms with Gasteiger partial charge in [0.25, 0.3) is 0 Å². The number of halogens is 1. The number of ether oxygens (including phenoxy) is 2. The summed E-state index contributed by atoms with van der Waals surface area (Å²) in [6, 6.07) is 12.6. The van der Waals surface area contributed by atoms with Crippen LogP contribution >= 0.6 is 11.6 Å². The molecule has 0 amide bonds. The maximum atomic E-state index is 10.5. The van der Waals surface area contributed by atoms with E-state index in [9.17, 15) is 9.90 Å². The second kappa shape index (κ2) is 8.25. The van der Waals surface area contributed by atoms with Crippen molar-refractivity contribution < 1.29 is 19.4 Å². The van der Waals surface area contributed by atoms with Crippen LogP contribution in [0.5, 0.6) is 11.5 Å². The molecule has 5 heteroatoms. The lowest BCUT2D eigenvalue weighted by Gasteiger charge is -2.13. The molecule has 0 aromatic heterocycles. The highest BCUT2D eigenvalue weighted by atomic mass is 35.5. The Hall–Kier alpha value is -2.46. The third kappa shape index (κ3) is 5.34. The fraction of sp³-hybridized carbons (Fsp3) is 0.167. The van der Waals surface area contributed by atoms with Crippen LogP contribution in [0.2, 0.25) is 5.02 Å². The van der Waals surface area contributed by atoms with Gasteiger partial charge < -0.3 is 19.4 Å². The van der Waals surface area contributed by atoms with Crippen LogP contribution in [0, 0.1) is 0 Å². The molecule has 2 aromatic carbocycles. The van der Waals surface area contributed by atoms with Crippen LogP contribution in [0.3, 0.4) is 0 Å². The Morgan fingerprint density at radius 3 is 2.52 bits per heavy atom. The van der Waals surface area contributed by atoms with Crippen molar-refractivity contribution in [2.75, 3.05) is 6.61 Å². The smallest absolute Gasteiger partial charge is 0.161 e. The van der Waals surface area contributed by atoms with Crippen LogP contribution in [0.1, 0.15) is 18.1 Å². The molecule has 0 aliphatic heterocycles. The average molecular weight is 332 g/mol. The number of carboxylic acid groups (broad SMARTS) is 1. The zero-order chi connectivity index (χ0) is 16.7. The molecular formula is C18H16ClO4-. The van der Waals surface area contributed by atoms with Crippen LogP contribution in [0.4, 0.5) is 0 Å². The zero-order valence-corrected chi connectivity index (χ0v) is 13.4. The van der Waals surface area contributed by atoms with Gasteiger partial charge in [0, 0.05) is 5.02 Å². The number of carbonyl (C=O) groups is 1. The number of carboxylic acids is 1. The monoisotopic (exact) mass is 331 g/mol. The largest absolute Gasteiger partial charge is 0.545 e. The molecule has 0 N–H and O–H groups in total. The third-order valence-corrected chi connectivity index (χ3v) is 3.24. The number of rotatable bonds is 7. The molecule has 0 radical (unpaired) electrons. The predicted molar refractivity (Wildman–Crippen MR) is 87.4 cm³/mol. The van der Waals surface area contributed by atoms with Crippen molar-refractivity contribution >= 4 is 23.6 Å². The number of benzene rings is 2. The first-order chi connectivity index (χ1) is 11.1. The minimum atomic E-state index is -1.24. The first-order valence-electron chi connectivity index (χ1n) is 7.11. The van der Waals surface area contributed by atoms with Gasteiger partial charge in [-0.15, -0.1) is 0 Å². The molecule has 0 aliphatic carbocycles. The molecule has 0 bridgehead atoms. The number of hydrogen-bond donors (Lipinski definition) is 0. The van der Waals surface area contributed by atoms with Gasteiger partial charge in [0.05, 0.1) is 12.6 Å². The van der Waals surface area contributed by atoms with Crippen LogP contribution in [-0.4, -0.2) is 12.6 Å². The van der Waals surface area contributed by atoms with Crippen LogP contribution in [0.25, 0.3) is 6.08 Å². The van der Waals surface area contributed by atoms with E-state index in [1.807, 2.05) is 19.1 Å². The number of hydrogen-bond acceptors (Lipinski definition) is 4. The molecule has 0 unspecified atom stereocenters. The average Bonchev–Trinajstić information content (AvgIpc) is 2.54. The van der Waals surface area contributed by atoms with Crippen molar-refractivity contribution in [1.82, 2.24) is 0 Å². The lowest BCUT2D eigenvalue weighted by Crippen LogP contribution is -2.18. The van der Waals surface area contributed by atoms with E-state index < -0.39 is 5.97 Å². The van der Waals surface area contributed by atoms with E-state index in [0.717, 1.165) is 11.6 Å². The van der Waals surface area contributed by atoms with Crippen molar-refractivity contribution in [3.63, 3.8) is 0 Å². The minimum absolute atomic E-state index is 0.380. The quantitative estimate of drug-likeness (QED) is 0.732. The Morgan fingerprint density at radius 1 is 1.13 bits per heavy atom. The van der Waals surface area contributed by atoms with Crippen LogP contribution < -0.4 is 14.6 Å². The van der Waals surface area contributed by atoms with E-state index in [-0.39, 0.29) is 0 Å². The summed E-state index contributed by atoms with van der Waals surface area (Å²) in [5.41, 5.74) is 1.68. The molecule has 0 atom stereocenters. The fourth-order valence-corrected chi connectivity index (χ4v) is 2.05. The SMILES string of the molecule is CCOc1cc(/C=C/C(=O)[O-])ccc1OCc1ccc(Cl)cc1. The second-order valence-corrected chi connectivity index (χ2v) is 5.14. The summed E-state index contributed by atoms with van der Waals surface area (Å²) in [6.45, 7) is 2.73. The Bertz CT molecular complexity index is 693. The molecule has 0 fully saturated rings. The van der Waals surface area contributed by atoms with Crippen molar-refractivity contribution in [2.45, 2.75) is 13.5 Å². The lowest BCUT2D eigenvalue weighted by molar-refractivity contribution is -0.297. The van der Waals surface area contributed by atoms with Gasteiger partial charge in [-0.1, -0.05) is 35.9 Å². The predicted octanol–water partition coefficient (Wildman–Crippen LogP) is 3.08. The van der Waals surface area contributed by atoms with Crippen molar-refractivity contribution in [3.05, 3.63) is 64.7 Å². The molecule has 23 heavy (non-hydrogen) atoms. The van der Waals surface area contributed by atoms with E-state index in [1.165, 1.54) is 6.08 Å². The number of aliphatic carboxylic acids is 1. The summed E-state index contributed by atoms with van der Waals surface area (Å²) >= 11 is 5.85. The van der Waals surface area contributed by atoms with Gasteiger partial charge in [0.2, 0.25) is 0 Å². The van der Waals surface area contributed by atoms with Crippen molar-refractivity contribution in [3.8, 4) is 11.5 Å². The zero-order valence-electron chi connectivity index (χ0n) is 12.6. The maximum absolute atomic E-state index is 10.5. The summed E-state index contributed by atoms with van der Waals surface area (Å²) in [4.78, 5) is 10.5. The highest BCUT2D eigenvalue weighted by molar-refractivity contribution is 6.30. The molecule has 0 saturated heterocycles. The van der Waals surface area contributed by atoms with Crippen LogP contribution in [-0.2, 0) is 11.4 Å². The summed E-state index contributed by atoms with van der Waals surface area (Å²) in [5, 5.41) is 11.1. The second-order valence-electron chi connectivity index (χ2n) is 4.71. The molecular weight excluding hydrogens is 316 g/mol. The van der Waals surface area contributed by atoms with E-state index >= 15 is 0 Å². The lowest BCUT2D eigenvalue weighted by atomic mass is 10.2. The van der Waals surface area contributed by atoms with Gasteiger partial charge >= 0.3 is 0 Å². The van der Waals surface area contributed by atoms with E-state index in [0.29, 0.717) is 35.3 Å². The highest BCUT2D eigenvalue weighted by Crippen LogP contribution is 2.29. The Morgan fingerprint density at radius 2 is 1.87 bits per heavy atom. The third-order valence-electron chi connectivity index (χ3n) is 2.99. The van der Waals surface area contributed by atoms with Crippen molar-refractivity contribution in [1.29, 1.82) is 0 Å². The standard InChI is InChI=1S/C18H17ClO4/c1-2-22-17-11-13(6-10-18(20)21)5-9-16(17)23-12-14-3-7-15(19)8-4-14/h3-11H,2,12H2,1H3,(H,20,21)/p-1/b10-6+. The summed E-state index contributed by atoms with van der Waals surface area (Å²) in [6.07, 6.45) is 2.42. The Labute approximate surface area is 139 Å². The number of carbonyl (C=O) groups excluding carboxylic acids is 1. The van der Waals surface area contributed by atoms with E-state index in [2.05, 4.69) is 0 Å². The maximum Gasteiger partial charge on any atom is 0.161 e. The van der Waals surface area contributed by atoms with Gasteiger partial charge in [-0.2, -0.15) is 0 Å². The summed E-state index contributed by atoms with van der Waals surface area (Å²) in [5.74, 6) is -0.0969. The van der Waals surface area contributed by atoms with Gasteiger partial charge in [-0.05, 0) is 48.4 Å². The van der Waals surface area contributed by atoms with Gasteiger partial charge in [0.1, 0.15) is 6.61 Å². The molecule has 120 valence electrons. The topological polar surface area (TPSA) is 58.6 Å². The summed E-state index contributed by atoms with van der Waals surface area (Å²) < 4.78 is 11.3. The van der Waals surface area contributed by atoms with Crippen LogP contribution in [0.15, 0.2) is 48.5 Å². The highest BCUT2D eigenvalue weighted by Gasteiger charge is 2.06. The first-order valence-corrected chi connectivity index (χ1v) is 7.49. The molecule has 0 spiro atoms. The molecule has 2 rings (SSSR count). The normalized spacial score (nSPS) is 10.7. The van der Waals surface area contributed by atoms with E-state index in [1.54, 1.807) is 30.3 Å². The minimum Gasteiger partial charge on any atom is -0.545 e. The fourth-order valence-electron chi connectivity index (χ4n) is 1.92. The molecule has 0 saturated carbocycles. The molecule has 2 aromatic rings. The van der Waals surface area contributed by atoms with Gasteiger partial charge in [-0.25, -0.2) is 0 Å². The first kappa shape index (κ1) is 16.9. The Kier molecular flexibility index (Phi) is 6.06. The van der Waals surface area contributed by atoms with Crippen molar-refractivity contribution in [2.24, 2.45) is 0 Å². The molecule has 4 nitrogen and oxygen atoms in total. The molecule has 0 aliphatic rings.